The maximum Gasteiger partial charge on any atom is 0.269 e. The Morgan fingerprint density at radius 2 is 1.64 bits per heavy atom. The lowest BCUT2D eigenvalue weighted by Gasteiger charge is -2.10. The number of nitrogens with zero attached hydrogens (tertiary/aromatic N) is 1. The molecular weight excluding hydrogens is 349 g/mol. The molecule has 0 radical (unpaired) electrons. The molecule has 9 heteroatoms. The van der Waals surface area contributed by atoms with Crippen LogP contribution < -0.4 is 10.3 Å². The number of carbonyl (C=O) groups excluding carboxylic acids is 1. The number of halogens is 2. The van der Waals surface area contributed by atoms with Gasteiger partial charge in [0.2, 0.25) is 0 Å². The molecule has 0 fully saturated rings. The van der Waals surface area contributed by atoms with Crippen LogP contribution in [-0.4, -0.2) is 19.3 Å². The Bertz CT molecular complexity index is 788. The standard InChI is InChI=1S/C13H11Cl2N3O3S/c1-8-2-4-9(5-3-8)22(20,21)18-17-13(19)12-10(14)6-16-7-11(12)15/h2-7,18H,1H3,(H,17,19). The van der Waals surface area contributed by atoms with Gasteiger partial charge in [-0.1, -0.05) is 40.9 Å². The summed E-state index contributed by atoms with van der Waals surface area (Å²) in [4.78, 5) is 17.7. The number of amides is 1. The van der Waals surface area contributed by atoms with Crippen molar-refractivity contribution in [1.82, 2.24) is 15.2 Å². The quantitative estimate of drug-likeness (QED) is 0.819. The Morgan fingerprint density at radius 1 is 1.09 bits per heavy atom. The number of aryl methyl sites for hydroxylation is 1. The minimum atomic E-state index is -3.89. The summed E-state index contributed by atoms with van der Waals surface area (Å²) < 4.78 is 24.1. The maximum absolute atomic E-state index is 12.0. The van der Waals surface area contributed by atoms with Gasteiger partial charge >= 0.3 is 0 Å². The molecule has 0 atom stereocenters. The first kappa shape index (κ1) is 16.7. The Kier molecular flexibility index (Phi) is 5.02. The van der Waals surface area contributed by atoms with E-state index in [2.05, 4.69) is 10.4 Å². The van der Waals surface area contributed by atoms with Crippen LogP contribution in [0.25, 0.3) is 0 Å². The summed E-state index contributed by atoms with van der Waals surface area (Å²) >= 11 is 11.6. The van der Waals surface area contributed by atoms with Crippen molar-refractivity contribution in [2.24, 2.45) is 0 Å². The molecule has 1 aromatic carbocycles. The van der Waals surface area contributed by atoms with Gasteiger partial charge in [-0.15, -0.1) is 4.83 Å². The van der Waals surface area contributed by atoms with Crippen LogP contribution >= 0.6 is 23.2 Å². The van der Waals surface area contributed by atoms with E-state index in [1.807, 2.05) is 11.8 Å². The van der Waals surface area contributed by atoms with Crippen LogP contribution in [0.3, 0.4) is 0 Å². The van der Waals surface area contributed by atoms with Gasteiger partial charge in [0.1, 0.15) is 0 Å². The second-order valence-electron chi connectivity index (χ2n) is 4.35. The SMILES string of the molecule is Cc1ccc(S(=O)(=O)NNC(=O)c2c(Cl)cncc2Cl)cc1. The maximum atomic E-state index is 12.0. The summed E-state index contributed by atoms with van der Waals surface area (Å²) in [6.45, 7) is 1.83. The van der Waals surface area contributed by atoms with Crippen LogP contribution in [0.4, 0.5) is 0 Å². The van der Waals surface area contributed by atoms with Gasteiger partial charge in [-0.25, -0.2) is 8.42 Å². The molecule has 22 heavy (non-hydrogen) atoms. The molecule has 0 aliphatic carbocycles. The lowest BCUT2D eigenvalue weighted by molar-refractivity contribution is 0.0945. The molecule has 0 aliphatic rings. The average Bonchev–Trinajstić information content (AvgIpc) is 2.45. The highest BCUT2D eigenvalue weighted by molar-refractivity contribution is 7.89. The molecule has 1 aromatic heterocycles. The normalized spacial score (nSPS) is 11.2. The predicted octanol–water partition coefficient (Wildman–Crippen LogP) is 2.32. The summed E-state index contributed by atoms with van der Waals surface area (Å²) in [6, 6.07) is 6.15. The molecule has 0 spiro atoms. The van der Waals surface area contributed by atoms with Crippen molar-refractivity contribution in [3.05, 3.63) is 57.8 Å². The third-order valence-corrected chi connectivity index (χ3v) is 4.55. The highest BCUT2D eigenvalue weighted by Gasteiger charge is 2.19. The van der Waals surface area contributed by atoms with Gasteiger partial charge in [0.25, 0.3) is 15.9 Å². The zero-order chi connectivity index (χ0) is 16.3. The van der Waals surface area contributed by atoms with E-state index in [4.69, 9.17) is 23.2 Å². The van der Waals surface area contributed by atoms with Crippen molar-refractivity contribution in [3.8, 4) is 0 Å². The molecule has 1 amide bonds. The van der Waals surface area contributed by atoms with Gasteiger partial charge in [-0.05, 0) is 19.1 Å². The van der Waals surface area contributed by atoms with Crippen molar-refractivity contribution in [1.29, 1.82) is 0 Å². The van der Waals surface area contributed by atoms with Gasteiger partial charge in [0.15, 0.2) is 0 Å². The van der Waals surface area contributed by atoms with Gasteiger partial charge in [-0.3, -0.25) is 15.2 Å². The van der Waals surface area contributed by atoms with Crippen LogP contribution in [0.1, 0.15) is 15.9 Å². The summed E-state index contributed by atoms with van der Waals surface area (Å²) in [7, 11) is -3.89. The van der Waals surface area contributed by atoms with Crippen LogP contribution in [0, 0.1) is 6.92 Å². The number of rotatable bonds is 4. The van der Waals surface area contributed by atoms with Crippen LogP contribution in [0.15, 0.2) is 41.6 Å². The van der Waals surface area contributed by atoms with Crippen LogP contribution in [0.5, 0.6) is 0 Å². The van der Waals surface area contributed by atoms with E-state index in [0.29, 0.717) is 0 Å². The number of benzene rings is 1. The van der Waals surface area contributed by atoms with Crippen molar-refractivity contribution >= 4 is 39.1 Å². The molecule has 0 saturated heterocycles. The Hall–Kier alpha value is -1.67. The molecule has 0 bridgehead atoms. The molecule has 1 heterocycles. The number of carbonyl (C=O) groups is 1. The lowest BCUT2D eigenvalue weighted by Crippen LogP contribution is -2.41. The molecule has 0 saturated carbocycles. The third kappa shape index (κ3) is 3.75. The van der Waals surface area contributed by atoms with Crippen LogP contribution in [-0.2, 0) is 10.0 Å². The smallest absolute Gasteiger partial charge is 0.269 e. The number of sulfonamides is 1. The minimum Gasteiger partial charge on any atom is -0.273 e. The third-order valence-electron chi connectivity index (χ3n) is 2.71. The number of hydrogen-bond donors (Lipinski definition) is 2. The molecule has 0 aliphatic heterocycles. The van der Waals surface area contributed by atoms with Crippen molar-refractivity contribution in [3.63, 3.8) is 0 Å². The predicted molar refractivity (Wildman–Crippen MR) is 83.2 cm³/mol. The Morgan fingerprint density at radius 3 is 2.18 bits per heavy atom. The van der Waals surface area contributed by atoms with Gasteiger partial charge in [0, 0.05) is 12.4 Å². The molecule has 2 aromatic rings. The zero-order valence-electron chi connectivity index (χ0n) is 11.3. The van der Waals surface area contributed by atoms with E-state index in [1.165, 1.54) is 24.5 Å². The topological polar surface area (TPSA) is 88.2 Å². The summed E-state index contributed by atoms with van der Waals surface area (Å²) in [5.74, 6) is -0.784. The number of hydrogen-bond acceptors (Lipinski definition) is 4. The monoisotopic (exact) mass is 359 g/mol. The number of aromatic nitrogens is 1. The number of pyridine rings is 1. The summed E-state index contributed by atoms with van der Waals surface area (Å²) in [6.07, 6.45) is 2.47. The van der Waals surface area contributed by atoms with E-state index in [-0.39, 0.29) is 20.5 Å². The molecule has 0 unspecified atom stereocenters. The lowest BCUT2D eigenvalue weighted by atomic mass is 10.2. The number of nitrogens with one attached hydrogen (secondary N) is 2. The van der Waals surface area contributed by atoms with Crippen molar-refractivity contribution in [2.75, 3.05) is 0 Å². The molecule has 2 rings (SSSR count). The molecular formula is C13H11Cl2N3O3S. The number of hydrazine groups is 1. The Balaban J connectivity index is 2.15. The second kappa shape index (κ2) is 6.62. The van der Waals surface area contributed by atoms with E-state index >= 15 is 0 Å². The Labute approximate surface area is 137 Å². The fourth-order valence-corrected chi connectivity index (χ4v) is 2.96. The molecule has 2 N–H and O–H groups in total. The highest BCUT2D eigenvalue weighted by Crippen LogP contribution is 2.22. The van der Waals surface area contributed by atoms with E-state index < -0.39 is 15.9 Å². The fraction of sp³-hybridized carbons (Fsp3) is 0.0769. The van der Waals surface area contributed by atoms with Gasteiger partial charge < -0.3 is 0 Å². The first-order chi connectivity index (χ1) is 10.3. The van der Waals surface area contributed by atoms with Crippen molar-refractivity contribution < 1.29 is 13.2 Å². The summed E-state index contributed by atoms with van der Waals surface area (Å²) in [5, 5.41) is 0.0269. The second-order valence-corrected chi connectivity index (χ2v) is 6.85. The van der Waals surface area contributed by atoms with Crippen molar-refractivity contribution in [2.45, 2.75) is 11.8 Å². The first-order valence-electron chi connectivity index (χ1n) is 5.99. The largest absolute Gasteiger partial charge is 0.273 e. The average molecular weight is 360 g/mol. The fourth-order valence-electron chi connectivity index (χ4n) is 1.58. The van der Waals surface area contributed by atoms with Gasteiger partial charge in [0.05, 0.1) is 20.5 Å². The van der Waals surface area contributed by atoms with Gasteiger partial charge in [-0.2, -0.15) is 0 Å². The zero-order valence-corrected chi connectivity index (χ0v) is 13.6. The molecule has 116 valence electrons. The summed E-state index contributed by atoms with van der Waals surface area (Å²) in [5.41, 5.74) is 2.91. The van der Waals surface area contributed by atoms with Crippen LogP contribution in [0.2, 0.25) is 10.0 Å². The first-order valence-corrected chi connectivity index (χ1v) is 8.23. The van der Waals surface area contributed by atoms with E-state index in [0.717, 1.165) is 5.56 Å². The minimum absolute atomic E-state index is 0.0135. The van der Waals surface area contributed by atoms with E-state index in [1.54, 1.807) is 12.1 Å². The van der Waals surface area contributed by atoms with E-state index in [9.17, 15) is 13.2 Å². The molecule has 6 nitrogen and oxygen atoms in total. The highest BCUT2D eigenvalue weighted by atomic mass is 35.5.